The maximum Gasteiger partial charge on any atom is 0.389 e. The molecule has 3 nitrogen and oxygen atoms in total. The van der Waals surface area contributed by atoms with Crippen LogP contribution in [0.1, 0.15) is 24.4 Å². The van der Waals surface area contributed by atoms with Crippen LogP contribution in [0.25, 0.3) is 0 Å². The molecule has 1 aliphatic heterocycles. The van der Waals surface area contributed by atoms with Gasteiger partial charge in [-0.1, -0.05) is 15.9 Å². The first-order chi connectivity index (χ1) is 10.3. The van der Waals surface area contributed by atoms with Crippen molar-refractivity contribution in [2.45, 2.75) is 25.1 Å². The van der Waals surface area contributed by atoms with Crippen LogP contribution >= 0.6 is 44.3 Å². The minimum atomic E-state index is -4.20. The average molecular weight is 483 g/mol. The molecule has 9 heteroatoms. The number of hydrogen-bond acceptors (Lipinski definition) is 3. The van der Waals surface area contributed by atoms with E-state index >= 15 is 0 Å². The SMILES string of the molecule is Cl.Oc1c(Br)cc(Br)cc1[C@H](CCC(F)(F)F)N1CCNCC1. The van der Waals surface area contributed by atoms with E-state index in [4.69, 9.17) is 0 Å². The number of aromatic hydroxyl groups is 1. The van der Waals surface area contributed by atoms with Crippen molar-refractivity contribution in [3.63, 3.8) is 0 Å². The van der Waals surface area contributed by atoms with E-state index in [1.807, 2.05) is 4.90 Å². The molecule has 1 heterocycles. The van der Waals surface area contributed by atoms with Gasteiger partial charge in [0.1, 0.15) is 5.75 Å². The number of nitrogens with one attached hydrogen (secondary N) is 1. The lowest BCUT2D eigenvalue weighted by Crippen LogP contribution is -2.45. The molecule has 1 aliphatic rings. The molecule has 0 aliphatic carbocycles. The van der Waals surface area contributed by atoms with Crippen LogP contribution in [0, 0.1) is 0 Å². The van der Waals surface area contributed by atoms with Crippen LogP contribution in [0.2, 0.25) is 0 Å². The van der Waals surface area contributed by atoms with Crippen molar-refractivity contribution in [1.29, 1.82) is 0 Å². The van der Waals surface area contributed by atoms with Crippen LogP contribution < -0.4 is 5.32 Å². The number of halogens is 6. The van der Waals surface area contributed by atoms with Crippen molar-refractivity contribution in [2.75, 3.05) is 26.2 Å². The number of rotatable bonds is 4. The highest BCUT2D eigenvalue weighted by Crippen LogP contribution is 2.40. The Morgan fingerprint density at radius 3 is 2.39 bits per heavy atom. The topological polar surface area (TPSA) is 35.5 Å². The van der Waals surface area contributed by atoms with Gasteiger partial charge in [-0.25, -0.2) is 0 Å². The number of alkyl halides is 3. The van der Waals surface area contributed by atoms with Gasteiger partial charge >= 0.3 is 6.18 Å². The Balaban J connectivity index is 0.00000264. The number of phenolic OH excluding ortho intramolecular Hbond substituents is 1. The third kappa shape index (κ3) is 6.08. The quantitative estimate of drug-likeness (QED) is 0.657. The number of nitrogens with zero attached hydrogens (tertiary/aromatic N) is 1. The molecule has 0 radical (unpaired) electrons. The number of phenols is 1. The Bertz CT molecular complexity index is 525. The third-order valence-electron chi connectivity index (χ3n) is 3.71. The van der Waals surface area contributed by atoms with Crippen LogP contribution in [0.3, 0.4) is 0 Å². The molecule has 0 unspecified atom stereocenters. The summed E-state index contributed by atoms with van der Waals surface area (Å²) < 4.78 is 39.1. The minimum absolute atomic E-state index is 0. The zero-order valence-corrected chi connectivity index (χ0v) is 16.2. The molecular weight excluding hydrogens is 464 g/mol. The molecule has 1 atom stereocenters. The largest absolute Gasteiger partial charge is 0.506 e. The van der Waals surface area contributed by atoms with E-state index < -0.39 is 18.6 Å². The minimum Gasteiger partial charge on any atom is -0.506 e. The molecule has 0 aromatic heterocycles. The summed E-state index contributed by atoms with van der Waals surface area (Å²) >= 11 is 6.58. The molecule has 1 aromatic carbocycles. The number of hydrogen-bond donors (Lipinski definition) is 2. The van der Waals surface area contributed by atoms with Gasteiger partial charge in [-0.15, -0.1) is 12.4 Å². The van der Waals surface area contributed by atoms with Gasteiger partial charge in [0, 0.05) is 48.7 Å². The molecule has 2 rings (SSSR count). The van der Waals surface area contributed by atoms with Crippen molar-refractivity contribution >= 4 is 44.3 Å². The lowest BCUT2D eigenvalue weighted by Gasteiger charge is -2.36. The first kappa shape index (κ1) is 21.0. The van der Waals surface area contributed by atoms with Crippen LogP contribution in [0.4, 0.5) is 13.2 Å². The molecule has 0 amide bonds. The standard InChI is InChI=1S/C14H17Br2F3N2O.ClH/c15-9-7-10(13(22)11(16)8-9)12(1-2-14(17,18)19)21-5-3-20-4-6-21;/h7-8,12,20,22H,1-6H2;1H/t12-;/m0./s1. The summed E-state index contributed by atoms with van der Waals surface area (Å²) in [7, 11) is 0. The summed E-state index contributed by atoms with van der Waals surface area (Å²) in [5, 5.41) is 13.4. The molecular formula is C14H18Br2ClF3N2O. The van der Waals surface area contributed by atoms with Crippen LogP contribution in [0.5, 0.6) is 5.75 Å². The summed E-state index contributed by atoms with van der Waals surface area (Å²) in [6.45, 7) is 2.79. The molecule has 0 saturated carbocycles. The van der Waals surface area contributed by atoms with Crippen molar-refractivity contribution in [2.24, 2.45) is 0 Å². The van der Waals surface area contributed by atoms with Gasteiger partial charge in [-0.2, -0.15) is 13.2 Å². The summed E-state index contributed by atoms with van der Waals surface area (Å²) in [6, 6.07) is 2.91. The van der Waals surface area contributed by atoms with Gasteiger partial charge in [0.05, 0.1) is 4.47 Å². The van der Waals surface area contributed by atoms with Crippen molar-refractivity contribution < 1.29 is 18.3 Å². The molecule has 23 heavy (non-hydrogen) atoms. The first-order valence-corrected chi connectivity index (χ1v) is 8.56. The maximum absolute atomic E-state index is 12.6. The second-order valence-corrected chi connectivity index (χ2v) is 7.05. The van der Waals surface area contributed by atoms with Crippen molar-refractivity contribution in [3.05, 3.63) is 26.6 Å². The molecule has 1 saturated heterocycles. The summed E-state index contributed by atoms with van der Waals surface area (Å²) in [4.78, 5) is 2.00. The zero-order valence-electron chi connectivity index (χ0n) is 12.2. The highest BCUT2D eigenvalue weighted by atomic mass is 79.9. The summed E-state index contributed by atoms with van der Waals surface area (Å²) in [5.74, 6) is 0.00825. The molecule has 0 bridgehead atoms. The van der Waals surface area contributed by atoms with Crippen LogP contribution in [-0.2, 0) is 0 Å². The maximum atomic E-state index is 12.6. The molecule has 132 valence electrons. The van der Waals surface area contributed by atoms with Gasteiger partial charge in [0.25, 0.3) is 0 Å². The van der Waals surface area contributed by atoms with E-state index in [1.165, 1.54) is 0 Å². The van der Waals surface area contributed by atoms with E-state index in [0.717, 1.165) is 17.6 Å². The lowest BCUT2D eigenvalue weighted by atomic mass is 9.98. The van der Waals surface area contributed by atoms with Gasteiger partial charge in [-0.05, 0) is 34.5 Å². The second kappa shape index (κ2) is 8.89. The monoisotopic (exact) mass is 480 g/mol. The average Bonchev–Trinajstić information content (AvgIpc) is 2.44. The zero-order chi connectivity index (χ0) is 16.3. The highest BCUT2D eigenvalue weighted by Gasteiger charge is 2.32. The fourth-order valence-corrected chi connectivity index (χ4v) is 3.93. The van der Waals surface area contributed by atoms with Crippen LogP contribution in [0.15, 0.2) is 21.1 Å². The van der Waals surface area contributed by atoms with Gasteiger partial charge in [-0.3, -0.25) is 4.90 Å². The van der Waals surface area contributed by atoms with Gasteiger partial charge in [0.15, 0.2) is 0 Å². The number of benzene rings is 1. The van der Waals surface area contributed by atoms with Crippen LogP contribution in [-0.4, -0.2) is 42.4 Å². The molecule has 1 aromatic rings. The summed E-state index contributed by atoms with van der Waals surface area (Å²) in [5.41, 5.74) is 0.521. The lowest BCUT2D eigenvalue weighted by molar-refractivity contribution is -0.138. The van der Waals surface area contributed by atoms with E-state index in [9.17, 15) is 18.3 Å². The Hall–Kier alpha value is -0.0200. The molecule has 2 N–H and O–H groups in total. The highest BCUT2D eigenvalue weighted by molar-refractivity contribution is 9.11. The fraction of sp³-hybridized carbons (Fsp3) is 0.571. The first-order valence-electron chi connectivity index (χ1n) is 6.97. The number of piperazine rings is 1. The Morgan fingerprint density at radius 2 is 1.83 bits per heavy atom. The van der Waals surface area contributed by atoms with E-state index in [-0.39, 0.29) is 24.6 Å². The van der Waals surface area contributed by atoms with Crippen molar-refractivity contribution in [1.82, 2.24) is 10.2 Å². The molecule has 1 fully saturated rings. The Labute approximate surface area is 156 Å². The fourth-order valence-electron chi connectivity index (χ4n) is 2.67. The van der Waals surface area contributed by atoms with E-state index in [2.05, 4.69) is 37.2 Å². The Kier molecular flexibility index (Phi) is 8.13. The second-order valence-electron chi connectivity index (χ2n) is 5.28. The van der Waals surface area contributed by atoms with Gasteiger partial charge < -0.3 is 10.4 Å². The summed E-state index contributed by atoms with van der Waals surface area (Å²) in [6.07, 6.45) is -5.14. The van der Waals surface area contributed by atoms with Crippen molar-refractivity contribution in [3.8, 4) is 5.75 Å². The predicted molar refractivity (Wildman–Crippen MR) is 93.2 cm³/mol. The van der Waals surface area contributed by atoms with E-state index in [1.54, 1.807) is 12.1 Å². The predicted octanol–water partition coefficient (Wildman–Crippen LogP) is 4.63. The molecule has 0 spiro atoms. The normalized spacial score (nSPS) is 17.6. The third-order valence-corrected chi connectivity index (χ3v) is 4.77. The van der Waals surface area contributed by atoms with Gasteiger partial charge in [0.2, 0.25) is 0 Å². The van der Waals surface area contributed by atoms with E-state index in [0.29, 0.717) is 23.1 Å². The Morgan fingerprint density at radius 1 is 1.22 bits per heavy atom. The smallest absolute Gasteiger partial charge is 0.389 e.